The van der Waals surface area contributed by atoms with Crippen molar-refractivity contribution in [2.24, 2.45) is 0 Å². The highest BCUT2D eigenvalue weighted by atomic mass is 16.5. The zero-order chi connectivity index (χ0) is 15.5. The molecule has 0 saturated heterocycles. The molecule has 0 atom stereocenters. The molecule has 0 aromatic heterocycles. The number of aliphatic hydroxyl groups is 1. The van der Waals surface area contributed by atoms with E-state index in [1.807, 2.05) is 6.08 Å². The van der Waals surface area contributed by atoms with E-state index in [4.69, 9.17) is 4.74 Å². The third-order valence-electron chi connectivity index (χ3n) is 3.28. The first-order valence-electron chi connectivity index (χ1n) is 7.19. The number of hydrogen-bond donors (Lipinski definition) is 1. The Balaban J connectivity index is 4.59. The molecule has 0 heterocycles. The molecule has 0 saturated carbocycles. The van der Waals surface area contributed by atoms with Gasteiger partial charge in [-0.25, -0.2) is 0 Å². The van der Waals surface area contributed by atoms with Gasteiger partial charge in [0.2, 0.25) is 0 Å². The summed E-state index contributed by atoms with van der Waals surface area (Å²) in [5, 5.41) is 9.19. The van der Waals surface area contributed by atoms with Crippen LogP contribution in [0.3, 0.4) is 0 Å². The van der Waals surface area contributed by atoms with Gasteiger partial charge < -0.3 is 19.6 Å². The topological polar surface area (TPSA) is 35.9 Å². The van der Waals surface area contributed by atoms with E-state index in [0.717, 1.165) is 38.3 Å². The molecule has 0 amide bonds. The first kappa shape index (κ1) is 18.6. The second-order valence-corrected chi connectivity index (χ2v) is 4.86. The summed E-state index contributed by atoms with van der Waals surface area (Å²) in [5.74, 6) is 0.609. The molecular weight excluding hydrogens is 252 g/mol. The molecule has 0 radical (unpaired) electrons. The highest BCUT2D eigenvalue weighted by Crippen LogP contribution is 2.10. The average molecular weight is 282 g/mol. The zero-order valence-corrected chi connectivity index (χ0v) is 13.6. The summed E-state index contributed by atoms with van der Waals surface area (Å²) in [5.41, 5.74) is 1.13. The van der Waals surface area contributed by atoms with E-state index in [-0.39, 0.29) is 5.76 Å². The molecule has 20 heavy (non-hydrogen) atoms. The number of methoxy groups -OCH3 is 1. The minimum absolute atomic E-state index is 0.00137. The number of ether oxygens (including phenoxy) is 1. The number of hydrogen-bond acceptors (Lipinski definition) is 4. The maximum absolute atomic E-state index is 9.19. The lowest BCUT2D eigenvalue weighted by atomic mass is 10.2. The van der Waals surface area contributed by atoms with Gasteiger partial charge in [-0.15, -0.1) is 0 Å². The number of nitrogens with zero attached hydrogens (tertiary/aromatic N) is 2. The fourth-order valence-corrected chi connectivity index (χ4v) is 1.89. The van der Waals surface area contributed by atoms with Crippen molar-refractivity contribution in [1.29, 1.82) is 0 Å². The minimum atomic E-state index is -0.00137. The van der Waals surface area contributed by atoms with E-state index in [9.17, 15) is 5.11 Å². The lowest BCUT2D eigenvalue weighted by Gasteiger charge is -2.25. The van der Waals surface area contributed by atoms with Crippen molar-refractivity contribution in [3.8, 4) is 0 Å². The molecule has 116 valence electrons. The van der Waals surface area contributed by atoms with Gasteiger partial charge in [-0.05, 0) is 46.5 Å². The lowest BCUT2D eigenvalue weighted by molar-refractivity contribution is 0.287. The van der Waals surface area contributed by atoms with E-state index in [1.165, 1.54) is 6.08 Å². The van der Waals surface area contributed by atoms with Gasteiger partial charge in [-0.3, -0.25) is 0 Å². The van der Waals surface area contributed by atoms with Crippen LogP contribution in [0.4, 0.5) is 0 Å². The SMILES string of the molecule is C=C(O)/C=C(\C=C(/C)N(CC)CCCN(C)CC)OC. The molecule has 0 unspecified atom stereocenters. The van der Waals surface area contributed by atoms with Crippen molar-refractivity contribution in [2.75, 3.05) is 40.3 Å². The average Bonchev–Trinajstić information content (AvgIpc) is 2.41. The number of aliphatic hydroxyl groups excluding tert-OH is 1. The van der Waals surface area contributed by atoms with Gasteiger partial charge in [0.05, 0.1) is 7.11 Å². The van der Waals surface area contributed by atoms with E-state index in [0.29, 0.717) is 5.76 Å². The van der Waals surface area contributed by atoms with Crippen LogP contribution in [-0.4, -0.2) is 55.2 Å². The summed E-state index contributed by atoms with van der Waals surface area (Å²) in [4.78, 5) is 4.61. The maximum atomic E-state index is 9.19. The summed E-state index contributed by atoms with van der Waals surface area (Å²) in [6.45, 7) is 14.0. The highest BCUT2D eigenvalue weighted by molar-refractivity contribution is 5.23. The maximum Gasteiger partial charge on any atom is 0.124 e. The Morgan fingerprint density at radius 1 is 1.20 bits per heavy atom. The second-order valence-electron chi connectivity index (χ2n) is 4.86. The predicted molar refractivity (Wildman–Crippen MR) is 85.7 cm³/mol. The Labute approximate surface area is 124 Å². The predicted octanol–water partition coefficient (Wildman–Crippen LogP) is 3.16. The van der Waals surface area contributed by atoms with Gasteiger partial charge in [0.1, 0.15) is 11.5 Å². The van der Waals surface area contributed by atoms with E-state index in [1.54, 1.807) is 7.11 Å². The lowest BCUT2D eigenvalue weighted by Crippen LogP contribution is -2.27. The van der Waals surface area contributed by atoms with Crippen LogP contribution < -0.4 is 0 Å². The molecule has 0 fully saturated rings. The Morgan fingerprint density at radius 3 is 2.30 bits per heavy atom. The Bertz CT molecular complexity index is 348. The van der Waals surface area contributed by atoms with Crippen LogP contribution >= 0.6 is 0 Å². The van der Waals surface area contributed by atoms with E-state index in [2.05, 4.69) is 44.2 Å². The van der Waals surface area contributed by atoms with Gasteiger partial charge in [0, 0.05) is 24.9 Å². The van der Waals surface area contributed by atoms with Crippen LogP contribution in [0.5, 0.6) is 0 Å². The number of allylic oxidation sites excluding steroid dienone is 3. The molecule has 0 aliphatic heterocycles. The van der Waals surface area contributed by atoms with Crippen LogP contribution in [0.25, 0.3) is 0 Å². The molecular formula is C16H30N2O2. The van der Waals surface area contributed by atoms with Gasteiger partial charge in [0.25, 0.3) is 0 Å². The first-order valence-corrected chi connectivity index (χ1v) is 7.19. The van der Waals surface area contributed by atoms with Crippen molar-refractivity contribution in [3.63, 3.8) is 0 Å². The van der Waals surface area contributed by atoms with Gasteiger partial charge in [-0.2, -0.15) is 0 Å². The zero-order valence-electron chi connectivity index (χ0n) is 13.6. The minimum Gasteiger partial charge on any atom is -0.508 e. The highest BCUT2D eigenvalue weighted by Gasteiger charge is 2.05. The molecule has 4 heteroatoms. The Kier molecular flexibility index (Phi) is 9.64. The molecule has 0 aromatic rings. The van der Waals surface area contributed by atoms with Crippen LogP contribution in [0.1, 0.15) is 27.2 Å². The summed E-state index contributed by atoms with van der Waals surface area (Å²) >= 11 is 0. The third kappa shape index (κ3) is 7.89. The Hall–Kier alpha value is -1.42. The van der Waals surface area contributed by atoms with Crippen molar-refractivity contribution >= 4 is 0 Å². The summed E-state index contributed by atoms with van der Waals surface area (Å²) in [6, 6.07) is 0. The second kappa shape index (κ2) is 10.4. The molecule has 0 aliphatic rings. The van der Waals surface area contributed by atoms with Gasteiger partial charge >= 0.3 is 0 Å². The smallest absolute Gasteiger partial charge is 0.124 e. The van der Waals surface area contributed by atoms with E-state index >= 15 is 0 Å². The van der Waals surface area contributed by atoms with Crippen molar-refractivity contribution in [3.05, 3.63) is 35.9 Å². The van der Waals surface area contributed by atoms with Gasteiger partial charge in [-0.1, -0.05) is 13.5 Å². The van der Waals surface area contributed by atoms with Crippen molar-refractivity contribution < 1.29 is 9.84 Å². The summed E-state index contributed by atoms with van der Waals surface area (Å²) in [7, 11) is 3.72. The molecule has 0 bridgehead atoms. The van der Waals surface area contributed by atoms with Crippen molar-refractivity contribution in [2.45, 2.75) is 27.2 Å². The fraction of sp³-hybridized carbons (Fsp3) is 0.625. The Morgan fingerprint density at radius 2 is 1.85 bits per heavy atom. The fourth-order valence-electron chi connectivity index (χ4n) is 1.89. The molecule has 0 aliphatic carbocycles. The summed E-state index contributed by atoms with van der Waals surface area (Å²) < 4.78 is 5.22. The van der Waals surface area contributed by atoms with Gasteiger partial charge in [0.15, 0.2) is 0 Å². The van der Waals surface area contributed by atoms with Crippen LogP contribution in [-0.2, 0) is 4.74 Å². The molecule has 0 rings (SSSR count). The largest absolute Gasteiger partial charge is 0.508 e. The quantitative estimate of drug-likeness (QED) is 0.493. The monoisotopic (exact) mass is 282 g/mol. The summed E-state index contributed by atoms with van der Waals surface area (Å²) in [6.07, 6.45) is 4.57. The van der Waals surface area contributed by atoms with E-state index < -0.39 is 0 Å². The van der Waals surface area contributed by atoms with Crippen LogP contribution in [0.15, 0.2) is 35.9 Å². The van der Waals surface area contributed by atoms with Crippen molar-refractivity contribution in [1.82, 2.24) is 9.80 Å². The van der Waals surface area contributed by atoms with Crippen LogP contribution in [0, 0.1) is 0 Å². The van der Waals surface area contributed by atoms with Crippen LogP contribution in [0.2, 0.25) is 0 Å². The normalized spacial score (nSPS) is 12.7. The standard InChI is InChI=1S/C16H30N2O2/c1-7-17(5)10-9-11-18(8-2)14(3)12-16(20-6)13-15(4)19/h12-13,19H,4,7-11H2,1-3,5-6H3/b14-12+,16-13+. The molecule has 0 spiro atoms. The number of rotatable bonds is 10. The third-order valence-corrected chi connectivity index (χ3v) is 3.28. The first-order chi connectivity index (χ1) is 9.44. The molecule has 0 aromatic carbocycles. The molecule has 4 nitrogen and oxygen atoms in total. The molecule has 1 N–H and O–H groups in total.